The van der Waals surface area contributed by atoms with Crippen LogP contribution in [0.25, 0.3) is 0 Å². The minimum atomic E-state index is -0.272. The van der Waals surface area contributed by atoms with Crippen molar-refractivity contribution in [2.75, 3.05) is 11.4 Å². The number of pyridine rings is 1. The summed E-state index contributed by atoms with van der Waals surface area (Å²) in [6, 6.07) is 10.1. The smallest absolute Gasteiger partial charge is 0.133 e. The maximum absolute atomic E-state index is 13.3. The third kappa shape index (κ3) is 3.09. The van der Waals surface area contributed by atoms with Crippen LogP contribution in [0.1, 0.15) is 18.2 Å². The molecule has 4 heteroatoms. The van der Waals surface area contributed by atoms with Crippen molar-refractivity contribution in [2.24, 2.45) is 0 Å². The van der Waals surface area contributed by atoms with Gasteiger partial charge in [-0.05, 0) is 49.7 Å². The van der Waals surface area contributed by atoms with Gasteiger partial charge in [-0.15, -0.1) is 0 Å². The first-order valence-corrected chi connectivity index (χ1v) is 6.25. The van der Waals surface area contributed by atoms with Gasteiger partial charge in [-0.2, -0.15) is 0 Å². The molecule has 0 aliphatic carbocycles. The molecule has 1 aromatic carbocycles. The Kier molecular flexibility index (Phi) is 4.12. The number of aliphatic hydroxyl groups excluding tert-OH is 1. The zero-order valence-electron chi connectivity index (χ0n) is 11.1. The highest BCUT2D eigenvalue weighted by atomic mass is 19.1. The minimum absolute atomic E-state index is 0.0307. The Labute approximate surface area is 112 Å². The van der Waals surface area contributed by atoms with Gasteiger partial charge in [0.15, 0.2) is 0 Å². The monoisotopic (exact) mass is 260 g/mol. The fourth-order valence-electron chi connectivity index (χ4n) is 2.07. The van der Waals surface area contributed by atoms with Crippen LogP contribution in [-0.2, 0) is 6.61 Å². The first-order chi connectivity index (χ1) is 9.13. The number of aliphatic hydroxyl groups is 1. The van der Waals surface area contributed by atoms with Crippen molar-refractivity contribution < 1.29 is 9.50 Å². The van der Waals surface area contributed by atoms with Gasteiger partial charge in [0.05, 0.1) is 6.61 Å². The highest BCUT2D eigenvalue weighted by molar-refractivity contribution is 5.60. The molecule has 1 aromatic heterocycles. The molecule has 0 radical (unpaired) electrons. The average molecular weight is 260 g/mol. The van der Waals surface area contributed by atoms with Crippen molar-refractivity contribution >= 4 is 11.5 Å². The second kappa shape index (κ2) is 5.80. The van der Waals surface area contributed by atoms with Crippen LogP contribution in [0.2, 0.25) is 0 Å². The number of nitrogens with zero attached hydrogens (tertiary/aromatic N) is 2. The number of aryl methyl sites for hydroxylation is 1. The highest BCUT2D eigenvalue weighted by Gasteiger charge is 2.10. The van der Waals surface area contributed by atoms with Crippen LogP contribution in [0.15, 0.2) is 36.4 Å². The van der Waals surface area contributed by atoms with Gasteiger partial charge in [-0.3, -0.25) is 0 Å². The van der Waals surface area contributed by atoms with Gasteiger partial charge in [0, 0.05) is 17.9 Å². The molecule has 3 nitrogen and oxygen atoms in total. The van der Waals surface area contributed by atoms with Crippen molar-refractivity contribution in [3.8, 4) is 0 Å². The average Bonchev–Trinajstić information content (AvgIpc) is 2.39. The molecule has 0 saturated carbocycles. The number of halogens is 1. The maximum atomic E-state index is 13.3. The summed E-state index contributed by atoms with van der Waals surface area (Å²) in [6.07, 6.45) is 0. The molecule has 2 aromatic rings. The standard InChI is InChI=1S/C15H17FN2O/c1-3-18(14-6-4-5-13(16)9-14)15-8-12(10-19)7-11(2)17-15/h4-9,19H,3,10H2,1-2H3. The van der Waals surface area contributed by atoms with Crippen LogP contribution in [0.4, 0.5) is 15.9 Å². The van der Waals surface area contributed by atoms with Crippen molar-refractivity contribution in [1.82, 2.24) is 4.98 Å². The molecule has 0 amide bonds. The van der Waals surface area contributed by atoms with Crippen LogP contribution < -0.4 is 4.90 Å². The summed E-state index contributed by atoms with van der Waals surface area (Å²) in [5, 5.41) is 9.25. The quantitative estimate of drug-likeness (QED) is 0.917. The van der Waals surface area contributed by atoms with Crippen molar-refractivity contribution in [3.63, 3.8) is 0 Å². The lowest BCUT2D eigenvalue weighted by atomic mass is 10.2. The van der Waals surface area contributed by atoms with Crippen molar-refractivity contribution in [2.45, 2.75) is 20.5 Å². The summed E-state index contributed by atoms with van der Waals surface area (Å²) in [5.74, 6) is 0.447. The lowest BCUT2D eigenvalue weighted by Crippen LogP contribution is -2.18. The third-order valence-electron chi connectivity index (χ3n) is 2.89. The van der Waals surface area contributed by atoms with Gasteiger partial charge in [0.25, 0.3) is 0 Å². The molecule has 0 bridgehead atoms. The Balaban J connectivity index is 2.44. The van der Waals surface area contributed by atoms with E-state index in [9.17, 15) is 9.50 Å². The Morgan fingerprint density at radius 2 is 2.05 bits per heavy atom. The van der Waals surface area contributed by atoms with Crippen LogP contribution >= 0.6 is 0 Å². The molecule has 1 N–H and O–H groups in total. The number of hydrogen-bond acceptors (Lipinski definition) is 3. The Morgan fingerprint density at radius 1 is 1.26 bits per heavy atom. The van der Waals surface area contributed by atoms with Gasteiger partial charge in [0.2, 0.25) is 0 Å². The van der Waals surface area contributed by atoms with E-state index in [2.05, 4.69) is 4.98 Å². The molecule has 100 valence electrons. The van der Waals surface area contributed by atoms with Crippen LogP contribution in [-0.4, -0.2) is 16.6 Å². The SMILES string of the molecule is CCN(c1cccc(F)c1)c1cc(CO)cc(C)n1. The van der Waals surface area contributed by atoms with E-state index in [1.54, 1.807) is 6.07 Å². The third-order valence-corrected chi connectivity index (χ3v) is 2.89. The molecule has 0 fully saturated rings. The number of benzene rings is 1. The lowest BCUT2D eigenvalue weighted by Gasteiger charge is -2.23. The molecular weight excluding hydrogens is 243 g/mol. The zero-order valence-corrected chi connectivity index (χ0v) is 11.1. The van der Waals surface area contributed by atoms with Crippen molar-refractivity contribution in [3.05, 3.63) is 53.5 Å². The number of hydrogen-bond donors (Lipinski definition) is 1. The van der Waals surface area contributed by atoms with Crippen LogP contribution in [0.5, 0.6) is 0 Å². The summed E-state index contributed by atoms with van der Waals surface area (Å²) in [4.78, 5) is 6.36. The first-order valence-electron chi connectivity index (χ1n) is 6.25. The molecule has 0 unspecified atom stereocenters. The summed E-state index contributed by atoms with van der Waals surface area (Å²) < 4.78 is 13.3. The molecule has 19 heavy (non-hydrogen) atoms. The topological polar surface area (TPSA) is 36.4 Å². The fourth-order valence-corrected chi connectivity index (χ4v) is 2.07. The second-order valence-corrected chi connectivity index (χ2v) is 4.36. The summed E-state index contributed by atoms with van der Waals surface area (Å²) in [7, 11) is 0. The summed E-state index contributed by atoms with van der Waals surface area (Å²) in [5.41, 5.74) is 2.39. The van der Waals surface area contributed by atoms with E-state index in [1.807, 2.05) is 36.9 Å². The van der Waals surface area contributed by atoms with Gasteiger partial charge in [-0.25, -0.2) is 9.37 Å². The summed E-state index contributed by atoms with van der Waals surface area (Å²) in [6.45, 7) is 4.50. The molecule has 2 rings (SSSR count). The normalized spacial score (nSPS) is 10.5. The van der Waals surface area contributed by atoms with Gasteiger partial charge in [0.1, 0.15) is 11.6 Å². The zero-order chi connectivity index (χ0) is 13.8. The van der Waals surface area contributed by atoms with E-state index in [0.717, 1.165) is 22.8 Å². The molecule has 0 aliphatic rings. The lowest BCUT2D eigenvalue weighted by molar-refractivity contribution is 0.281. The number of rotatable bonds is 4. The predicted molar refractivity (Wildman–Crippen MR) is 74.0 cm³/mol. The Bertz CT molecular complexity index is 572. The Hall–Kier alpha value is -1.94. The van der Waals surface area contributed by atoms with E-state index in [0.29, 0.717) is 6.54 Å². The molecule has 0 atom stereocenters. The minimum Gasteiger partial charge on any atom is -0.392 e. The molecule has 0 spiro atoms. The molecule has 0 aliphatic heterocycles. The fraction of sp³-hybridized carbons (Fsp3) is 0.267. The molecule has 1 heterocycles. The Morgan fingerprint density at radius 3 is 2.68 bits per heavy atom. The number of anilines is 2. The first kappa shape index (κ1) is 13.5. The van der Waals surface area contributed by atoms with E-state index in [-0.39, 0.29) is 12.4 Å². The molecular formula is C15H17FN2O. The maximum Gasteiger partial charge on any atom is 0.133 e. The van der Waals surface area contributed by atoms with Gasteiger partial charge >= 0.3 is 0 Å². The van der Waals surface area contributed by atoms with E-state index < -0.39 is 0 Å². The van der Waals surface area contributed by atoms with Crippen LogP contribution in [0.3, 0.4) is 0 Å². The van der Waals surface area contributed by atoms with E-state index in [4.69, 9.17) is 0 Å². The largest absolute Gasteiger partial charge is 0.392 e. The molecule has 0 saturated heterocycles. The van der Waals surface area contributed by atoms with E-state index in [1.165, 1.54) is 12.1 Å². The van der Waals surface area contributed by atoms with Crippen LogP contribution in [0, 0.1) is 12.7 Å². The number of aromatic nitrogens is 1. The van der Waals surface area contributed by atoms with Gasteiger partial charge in [-0.1, -0.05) is 6.07 Å². The van der Waals surface area contributed by atoms with E-state index >= 15 is 0 Å². The predicted octanol–water partition coefficient (Wildman–Crippen LogP) is 3.18. The second-order valence-electron chi connectivity index (χ2n) is 4.36. The van der Waals surface area contributed by atoms with Gasteiger partial charge < -0.3 is 10.0 Å². The van der Waals surface area contributed by atoms with Crippen molar-refractivity contribution in [1.29, 1.82) is 0 Å². The summed E-state index contributed by atoms with van der Waals surface area (Å²) >= 11 is 0. The highest BCUT2D eigenvalue weighted by Crippen LogP contribution is 2.25.